The predicted octanol–water partition coefficient (Wildman–Crippen LogP) is 4.58. The van der Waals surface area contributed by atoms with E-state index in [0.29, 0.717) is 6.10 Å². The minimum atomic E-state index is 0.255. The van der Waals surface area contributed by atoms with Gasteiger partial charge in [-0.1, -0.05) is 49.3 Å². The Labute approximate surface area is 114 Å². The highest BCUT2D eigenvalue weighted by Crippen LogP contribution is 2.40. The highest BCUT2D eigenvalue weighted by atomic mass is 127. The van der Waals surface area contributed by atoms with E-state index in [0.717, 1.165) is 11.8 Å². The number of rotatable bonds is 3. The van der Waals surface area contributed by atoms with Gasteiger partial charge in [0.1, 0.15) is 0 Å². The van der Waals surface area contributed by atoms with Crippen molar-refractivity contribution in [3.63, 3.8) is 0 Å². The molecule has 0 spiro atoms. The molecule has 0 amide bonds. The quantitative estimate of drug-likeness (QED) is 0.542. The molecule has 2 heteroatoms. The van der Waals surface area contributed by atoms with Crippen LogP contribution in [0.4, 0.5) is 0 Å². The molecule has 2 aliphatic rings. The molecule has 2 saturated carbocycles. The van der Waals surface area contributed by atoms with E-state index in [1.165, 1.54) is 49.4 Å². The molecule has 94 valence electrons. The first-order valence-electron chi connectivity index (χ1n) is 6.89. The molecule has 2 aliphatic carbocycles. The lowest BCUT2D eigenvalue weighted by molar-refractivity contribution is -0.0978. The zero-order valence-electron chi connectivity index (χ0n) is 10.7. The third-order valence-corrected chi connectivity index (χ3v) is 6.12. The van der Waals surface area contributed by atoms with Crippen LogP contribution in [0.3, 0.4) is 0 Å². The standard InChI is InChI=1S/C14H25IO/c1-11-5-6-13(9-12(11)2)16-14(10-15)7-3-4-8-14/h11-13H,3-10H2,1-2H3. The fraction of sp³-hybridized carbons (Fsp3) is 1.00. The summed E-state index contributed by atoms with van der Waals surface area (Å²) in [5.41, 5.74) is 0.255. The van der Waals surface area contributed by atoms with Crippen molar-refractivity contribution in [1.29, 1.82) is 0 Å². The van der Waals surface area contributed by atoms with Gasteiger partial charge in [0.15, 0.2) is 0 Å². The third kappa shape index (κ3) is 2.92. The summed E-state index contributed by atoms with van der Waals surface area (Å²) in [4.78, 5) is 0. The van der Waals surface area contributed by atoms with Crippen LogP contribution in [0.1, 0.15) is 58.8 Å². The maximum absolute atomic E-state index is 6.50. The second kappa shape index (κ2) is 5.55. The van der Waals surface area contributed by atoms with Crippen molar-refractivity contribution in [2.24, 2.45) is 11.8 Å². The fourth-order valence-electron chi connectivity index (χ4n) is 3.26. The zero-order chi connectivity index (χ0) is 11.6. The van der Waals surface area contributed by atoms with Crippen molar-refractivity contribution >= 4 is 22.6 Å². The predicted molar refractivity (Wildman–Crippen MR) is 77.1 cm³/mol. The molecule has 0 aromatic rings. The molecule has 3 unspecified atom stereocenters. The van der Waals surface area contributed by atoms with Gasteiger partial charge in [0.2, 0.25) is 0 Å². The van der Waals surface area contributed by atoms with E-state index >= 15 is 0 Å². The van der Waals surface area contributed by atoms with Crippen LogP contribution >= 0.6 is 22.6 Å². The van der Waals surface area contributed by atoms with E-state index in [-0.39, 0.29) is 5.60 Å². The number of alkyl halides is 1. The Bertz CT molecular complexity index is 223. The van der Waals surface area contributed by atoms with Crippen molar-refractivity contribution < 1.29 is 4.74 Å². The summed E-state index contributed by atoms with van der Waals surface area (Å²) in [6.07, 6.45) is 9.86. The van der Waals surface area contributed by atoms with E-state index in [1.807, 2.05) is 0 Å². The number of hydrogen-bond acceptors (Lipinski definition) is 1. The average molecular weight is 336 g/mol. The van der Waals surface area contributed by atoms with Crippen LogP contribution in [0.5, 0.6) is 0 Å². The molecular weight excluding hydrogens is 311 g/mol. The van der Waals surface area contributed by atoms with Crippen molar-refractivity contribution in [3.8, 4) is 0 Å². The molecule has 0 aromatic carbocycles. The molecule has 2 fully saturated rings. The van der Waals surface area contributed by atoms with E-state index in [1.54, 1.807) is 0 Å². The van der Waals surface area contributed by atoms with Crippen molar-refractivity contribution in [1.82, 2.24) is 0 Å². The minimum absolute atomic E-state index is 0.255. The average Bonchev–Trinajstić information content (AvgIpc) is 2.73. The van der Waals surface area contributed by atoms with Gasteiger partial charge in [-0.2, -0.15) is 0 Å². The van der Waals surface area contributed by atoms with Gasteiger partial charge in [0.25, 0.3) is 0 Å². The van der Waals surface area contributed by atoms with Gasteiger partial charge < -0.3 is 4.74 Å². The van der Waals surface area contributed by atoms with Crippen LogP contribution in [0.25, 0.3) is 0 Å². The first-order chi connectivity index (χ1) is 7.65. The number of hydrogen-bond donors (Lipinski definition) is 0. The third-order valence-electron chi connectivity index (χ3n) is 4.73. The summed E-state index contributed by atoms with van der Waals surface area (Å²) < 4.78 is 7.69. The second-order valence-electron chi connectivity index (χ2n) is 6.03. The maximum Gasteiger partial charge on any atom is 0.0775 e. The van der Waals surface area contributed by atoms with E-state index in [2.05, 4.69) is 36.4 Å². The van der Waals surface area contributed by atoms with Gasteiger partial charge in [-0.3, -0.25) is 0 Å². The van der Waals surface area contributed by atoms with Gasteiger partial charge in [0, 0.05) is 4.43 Å². The summed E-state index contributed by atoms with van der Waals surface area (Å²) in [6.45, 7) is 4.79. The summed E-state index contributed by atoms with van der Waals surface area (Å²) >= 11 is 2.52. The fourth-order valence-corrected chi connectivity index (χ4v) is 4.20. The summed E-state index contributed by atoms with van der Waals surface area (Å²) in [5.74, 6) is 1.75. The Balaban J connectivity index is 1.89. The van der Waals surface area contributed by atoms with Gasteiger partial charge in [-0.05, 0) is 43.9 Å². The van der Waals surface area contributed by atoms with Crippen LogP contribution in [0, 0.1) is 11.8 Å². The molecule has 0 saturated heterocycles. The van der Waals surface area contributed by atoms with E-state index in [4.69, 9.17) is 4.74 Å². The monoisotopic (exact) mass is 336 g/mol. The SMILES string of the molecule is CC1CCC(OC2(CI)CCCC2)CC1C. The summed E-state index contributed by atoms with van der Waals surface area (Å²) in [5, 5.41) is 0. The van der Waals surface area contributed by atoms with Gasteiger partial charge in [-0.15, -0.1) is 0 Å². The Hall–Kier alpha value is 0.690. The summed E-state index contributed by atoms with van der Waals surface area (Å²) in [6, 6.07) is 0. The Morgan fingerprint density at radius 2 is 1.81 bits per heavy atom. The van der Waals surface area contributed by atoms with Gasteiger partial charge in [-0.25, -0.2) is 0 Å². The van der Waals surface area contributed by atoms with Crippen LogP contribution < -0.4 is 0 Å². The summed E-state index contributed by atoms with van der Waals surface area (Å²) in [7, 11) is 0. The van der Waals surface area contributed by atoms with Gasteiger partial charge in [0.05, 0.1) is 11.7 Å². The molecule has 3 atom stereocenters. The van der Waals surface area contributed by atoms with Crippen LogP contribution in [-0.4, -0.2) is 16.1 Å². The Kier molecular flexibility index (Phi) is 4.56. The van der Waals surface area contributed by atoms with E-state index in [9.17, 15) is 0 Å². The van der Waals surface area contributed by atoms with Crippen LogP contribution in [0.15, 0.2) is 0 Å². The molecule has 2 rings (SSSR count). The Morgan fingerprint density at radius 1 is 1.12 bits per heavy atom. The molecule has 16 heavy (non-hydrogen) atoms. The first kappa shape index (κ1) is 13.1. The molecule has 0 aliphatic heterocycles. The lowest BCUT2D eigenvalue weighted by Crippen LogP contribution is -2.38. The van der Waals surface area contributed by atoms with E-state index < -0.39 is 0 Å². The first-order valence-corrected chi connectivity index (χ1v) is 8.41. The molecule has 0 aromatic heterocycles. The van der Waals surface area contributed by atoms with Crippen LogP contribution in [0.2, 0.25) is 0 Å². The smallest absolute Gasteiger partial charge is 0.0775 e. The maximum atomic E-state index is 6.50. The molecule has 1 nitrogen and oxygen atoms in total. The van der Waals surface area contributed by atoms with Crippen molar-refractivity contribution in [3.05, 3.63) is 0 Å². The largest absolute Gasteiger partial charge is 0.371 e. The molecule has 0 bridgehead atoms. The van der Waals surface area contributed by atoms with Gasteiger partial charge >= 0.3 is 0 Å². The lowest BCUT2D eigenvalue weighted by Gasteiger charge is -2.38. The number of halogens is 1. The zero-order valence-corrected chi connectivity index (χ0v) is 12.8. The molecule has 0 N–H and O–H groups in total. The normalized spacial score (nSPS) is 38.8. The Morgan fingerprint density at radius 3 is 2.38 bits per heavy atom. The van der Waals surface area contributed by atoms with Crippen LogP contribution in [-0.2, 0) is 4.74 Å². The lowest BCUT2D eigenvalue weighted by atomic mass is 9.80. The molecule has 0 radical (unpaired) electrons. The van der Waals surface area contributed by atoms with Crippen molar-refractivity contribution in [2.75, 3.05) is 4.43 Å². The highest BCUT2D eigenvalue weighted by Gasteiger charge is 2.37. The molecular formula is C14H25IO. The number of ether oxygens (including phenoxy) is 1. The topological polar surface area (TPSA) is 9.23 Å². The highest BCUT2D eigenvalue weighted by molar-refractivity contribution is 14.1. The molecule has 0 heterocycles. The second-order valence-corrected chi connectivity index (χ2v) is 6.79. The van der Waals surface area contributed by atoms with Crippen molar-refractivity contribution in [2.45, 2.75) is 70.5 Å². The minimum Gasteiger partial charge on any atom is -0.371 e.